The van der Waals surface area contributed by atoms with Gasteiger partial charge < -0.3 is 35.4 Å². The van der Waals surface area contributed by atoms with E-state index in [0.29, 0.717) is 29.4 Å². The van der Waals surface area contributed by atoms with E-state index in [1.807, 2.05) is 0 Å². The summed E-state index contributed by atoms with van der Waals surface area (Å²) in [5.41, 5.74) is 0.990. The SMILES string of the molecule is CCOSC(=O)Sc1ccc2c(c1O)C(O)=C1C(=O)[C@]3(O)C(O)=C(C(N)=O)C(=O)C[C@@H]3[C@@H](O)[C@@H]1[C@H]2C. The minimum atomic E-state index is -2.90. The normalized spacial score (nSPS) is 29.6. The Morgan fingerprint density at radius 3 is 2.50 bits per heavy atom. The van der Waals surface area contributed by atoms with Gasteiger partial charge in [0.25, 0.3) is 10.4 Å². The van der Waals surface area contributed by atoms with Crippen molar-refractivity contribution in [3.05, 3.63) is 40.2 Å². The van der Waals surface area contributed by atoms with Gasteiger partial charge in [0.15, 0.2) is 11.4 Å². The van der Waals surface area contributed by atoms with Gasteiger partial charge in [-0.1, -0.05) is 13.0 Å². The third-order valence-electron chi connectivity index (χ3n) is 6.90. The Labute approximate surface area is 213 Å². The van der Waals surface area contributed by atoms with E-state index < -0.39 is 86.2 Å². The molecule has 1 saturated carbocycles. The van der Waals surface area contributed by atoms with Gasteiger partial charge >= 0.3 is 0 Å². The van der Waals surface area contributed by atoms with Gasteiger partial charge in [-0.15, -0.1) is 0 Å². The summed E-state index contributed by atoms with van der Waals surface area (Å²) in [6.45, 7) is 3.59. The van der Waals surface area contributed by atoms with Crippen LogP contribution in [-0.2, 0) is 18.6 Å². The molecule has 0 aliphatic heterocycles. The number of carbonyl (C=O) groups excluding carboxylic acids is 4. The first-order valence-electron chi connectivity index (χ1n) is 10.9. The van der Waals surface area contributed by atoms with Crippen LogP contribution in [0.5, 0.6) is 5.75 Å². The molecule has 0 aromatic heterocycles. The number of benzene rings is 1. The molecule has 1 fully saturated rings. The number of hydrogen-bond donors (Lipinski definition) is 6. The monoisotopic (exact) mass is 537 g/mol. The lowest BCUT2D eigenvalue weighted by Gasteiger charge is -2.50. The molecule has 0 saturated heterocycles. The van der Waals surface area contributed by atoms with E-state index >= 15 is 0 Å². The summed E-state index contributed by atoms with van der Waals surface area (Å²) in [6, 6.07) is 2.98. The number of ketones is 2. The summed E-state index contributed by atoms with van der Waals surface area (Å²) in [4.78, 5) is 50.0. The molecular formula is C23H23NO10S2. The van der Waals surface area contributed by atoms with Crippen molar-refractivity contribution in [1.82, 2.24) is 0 Å². The fourth-order valence-corrected chi connectivity index (χ4v) is 6.55. The second-order valence-corrected chi connectivity index (χ2v) is 10.7. The molecule has 0 spiro atoms. The highest BCUT2D eigenvalue weighted by molar-refractivity contribution is 8.36. The molecule has 1 amide bonds. The molecule has 192 valence electrons. The molecule has 4 rings (SSSR count). The lowest BCUT2D eigenvalue weighted by molar-refractivity contribution is -0.160. The quantitative estimate of drug-likeness (QED) is 0.185. The summed E-state index contributed by atoms with van der Waals surface area (Å²) < 4.78 is 4.48. The highest BCUT2D eigenvalue weighted by atomic mass is 32.2. The van der Waals surface area contributed by atoms with E-state index in [-0.39, 0.29) is 17.1 Å². The molecular weight excluding hydrogens is 514 g/mol. The number of phenols is 1. The van der Waals surface area contributed by atoms with Crippen LogP contribution in [0.25, 0.3) is 5.76 Å². The Morgan fingerprint density at radius 2 is 1.89 bits per heavy atom. The minimum Gasteiger partial charge on any atom is -0.508 e. The number of aliphatic hydroxyl groups excluding tert-OH is 3. The first kappa shape index (κ1) is 26.2. The van der Waals surface area contributed by atoms with Crippen LogP contribution in [0, 0.1) is 11.8 Å². The molecule has 1 aromatic carbocycles. The number of amides is 1. The molecule has 7 N–H and O–H groups in total. The average molecular weight is 538 g/mol. The molecule has 0 bridgehead atoms. The van der Waals surface area contributed by atoms with Crippen LogP contribution >= 0.6 is 23.8 Å². The molecule has 0 heterocycles. The third-order valence-corrected chi connectivity index (χ3v) is 8.56. The van der Waals surface area contributed by atoms with Crippen molar-refractivity contribution in [3.63, 3.8) is 0 Å². The van der Waals surface area contributed by atoms with Gasteiger partial charge in [-0.3, -0.25) is 19.2 Å². The lowest BCUT2D eigenvalue weighted by Crippen LogP contribution is -2.63. The maximum Gasteiger partial charge on any atom is 0.277 e. The third kappa shape index (κ3) is 3.65. The Kier molecular flexibility index (Phi) is 6.73. The van der Waals surface area contributed by atoms with Crippen LogP contribution in [0.2, 0.25) is 0 Å². The minimum absolute atomic E-state index is 0.0613. The van der Waals surface area contributed by atoms with Crippen LogP contribution in [0.15, 0.2) is 33.9 Å². The van der Waals surface area contributed by atoms with Gasteiger partial charge in [0.1, 0.15) is 22.8 Å². The number of nitrogens with two attached hydrogens (primary N) is 1. The number of rotatable bonds is 4. The number of fused-ring (bicyclic) bond motifs is 3. The molecule has 3 aliphatic rings. The topological polar surface area (TPSA) is 205 Å². The zero-order valence-corrected chi connectivity index (χ0v) is 20.7. The number of aliphatic hydroxyl groups is 4. The largest absolute Gasteiger partial charge is 0.508 e. The van der Waals surface area contributed by atoms with Crippen molar-refractivity contribution in [2.24, 2.45) is 17.6 Å². The predicted octanol–water partition coefficient (Wildman–Crippen LogP) is 1.85. The van der Waals surface area contributed by atoms with E-state index in [4.69, 9.17) is 9.92 Å². The molecule has 1 aromatic rings. The van der Waals surface area contributed by atoms with Crippen molar-refractivity contribution in [3.8, 4) is 5.75 Å². The number of thioether (sulfide) groups is 1. The highest BCUT2D eigenvalue weighted by Gasteiger charge is 2.64. The molecule has 11 nitrogen and oxygen atoms in total. The van der Waals surface area contributed by atoms with Crippen LogP contribution in [-0.4, -0.2) is 65.8 Å². The molecule has 36 heavy (non-hydrogen) atoms. The van der Waals surface area contributed by atoms with Crippen LogP contribution in [0.3, 0.4) is 0 Å². The van der Waals surface area contributed by atoms with Gasteiger partial charge in [-0.25, -0.2) is 0 Å². The first-order chi connectivity index (χ1) is 16.9. The number of Topliss-reactive ketones (excluding diaryl/α,β-unsaturated/α-hetero) is 2. The Balaban J connectivity index is 1.88. The summed E-state index contributed by atoms with van der Waals surface area (Å²) >= 11 is 1.21. The summed E-state index contributed by atoms with van der Waals surface area (Å²) in [7, 11) is 0. The summed E-state index contributed by atoms with van der Waals surface area (Å²) in [6.07, 6.45) is -2.25. The number of hydrogen-bond acceptors (Lipinski definition) is 12. The lowest BCUT2D eigenvalue weighted by atomic mass is 9.55. The van der Waals surface area contributed by atoms with Crippen LogP contribution in [0.1, 0.15) is 37.3 Å². The summed E-state index contributed by atoms with van der Waals surface area (Å²) in [5, 5.41) is 55.2. The standard InChI is InChI=1S/C23H23NO10S2/c1-3-34-36-22(32)35-11-5-4-8-7(2)12-15(18(28)13(8)17(11)27)20(30)23(33)9(16(12)26)6-10(25)14(19(23)29)21(24)31/h4-5,7,9,12,16,26-29,33H,3,6H2,1-2H3,(H2,24,31)/t7-,9+,12+,16+,23+/m0/s1. The van der Waals surface area contributed by atoms with Crippen molar-refractivity contribution < 1.29 is 48.9 Å². The fourth-order valence-electron chi connectivity index (χ4n) is 5.27. The van der Waals surface area contributed by atoms with Crippen molar-refractivity contribution in [2.75, 3.05) is 6.61 Å². The Bertz CT molecular complexity index is 1270. The van der Waals surface area contributed by atoms with Crippen LogP contribution < -0.4 is 5.73 Å². The fraction of sp³-hybridized carbons (Fsp3) is 0.391. The summed E-state index contributed by atoms with van der Waals surface area (Å²) in [5.74, 6) is -9.41. The number of aromatic hydroxyl groups is 1. The predicted molar refractivity (Wildman–Crippen MR) is 128 cm³/mol. The highest BCUT2D eigenvalue weighted by Crippen LogP contribution is 2.56. The van der Waals surface area contributed by atoms with Gasteiger partial charge in [0, 0.05) is 23.8 Å². The second-order valence-electron chi connectivity index (χ2n) is 8.70. The maximum absolute atomic E-state index is 13.6. The molecule has 0 unspecified atom stereocenters. The van der Waals surface area contributed by atoms with E-state index in [0.717, 1.165) is 0 Å². The first-order valence-corrected chi connectivity index (χ1v) is 12.5. The van der Waals surface area contributed by atoms with Crippen molar-refractivity contribution in [1.29, 1.82) is 0 Å². The van der Waals surface area contributed by atoms with E-state index in [9.17, 15) is 44.7 Å². The molecule has 5 atom stereocenters. The number of phenolic OH excluding ortho intramolecular Hbond substituents is 1. The zero-order chi connectivity index (χ0) is 26.7. The average Bonchev–Trinajstić information content (AvgIpc) is 2.81. The Morgan fingerprint density at radius 1 is 1.22 bits per heavy atom. The molecule has 0 radical (unpaired) electrons. The van der Waals surface area contributed by atoms with Crippen LogP contribution in [0.4, 0.5) is 4.79 Å². The van der Waals surface area contributed by atoms with Gasteiger partial charge in [0.2, 0.25) is 5.78 Å². The Hall–Kier alpha value is -2.84. The zero-order valence-electron chi connectivity index (χ0n) is 19.0. The smallest absolute Gasteiger partial charge is 0.277 e. The van der Waals surface area contributed by atoms with E-state index in [1.54, 1.807) is 13.8 Å². The van der Waals surface area contributed by atoms with Gasteiger partial charge in [0.05, 0.1) is 35.2 Å². The van der Waals surface area contributed by atoms with Gasteiger partial charge in [-0.2, -0.15) is 0 Å². The molecule has 13 heteroatoms. The van der Waals surface area contributed by atoms with E-state index in [1.165, 1.54) is 12.1 Å². The van der Waals surface area contributed by atoms with E-state index in [2.05, 4.69) is 0 Å². The number of primary amides is 1. The molecule has 3 aliphatic carbocycles. The van der Waals surface area contributed by atoms with Gasteiger partial charge in [-0.05, 0) is 36.2 Å². The van der Waals surface area contributed by atoms with Crippen molar-refractivity contribution >= 4 is 51.5 Å². The second kappa shape index (κ2) is 9.23. The van der Waals surface area contributed by atoms with Crippen molar-refractivity contribution in [2.45, 2.75) is 42.8 Å². The maximum atomic E-state index is 13.6. The number of carbonyl (C=O) groups is 4.